The highest BCUT2D eigenvalue weighted by Crippen LogP contribution is 2.27. The molecule has 0 saturated carbocycles. The Hall–Kier alpha value is -1.65. The summed E-state index contributed by atoms with van der Waals surface area (Å²) in [4.78, 5) is 13.2. The second-order valence-corrected chi connectivity index (χ2v) is 4.00. The Labute approximate surface area is 98.0 Å². The van der Waals surface area contributed by atoms with Gasteiger partial charge in [0.1, 0.15) is 17.7 Å². The Morgan fingerprint density at radius 1 is 1.35 bits per heavy atom. The number of halogens is 2. The number of carbonyl (C=O) groups is 1. The van der Waals surface area contributed by atoms with E-state index in [-0.39, 0.29) is 5.97 Å². The molecule has 1 atom stereocenters. The molecule has 1 unspecified atom stereocenters. The maximum atomic E-state index is 13.1. The van der Waals surface area contributed by atoms with Crippen molar-refractivity contribution in [3.63, 3.8) is 0 Å². The van der Waals surface area contributed by atoms with Crippen molar-refractivity contribution in [2.24, 2.45) is 0 Å². The van der Waals surface area contributed by atoms with Crippen molar-refractivity contribution < 1.29 is 18.3 Å². The lowest BCUT2D eigenvalue weighted by atomic mass is 10.2. The van der Waals surface area contributed by atoms with E-state index in [4.69, 9.17) is 0 Å². The van der Waals surface area contributed by atoms with Crippen LogP contribution in [0, 0.1) is 11.6 Å². The molecule has 1 heterocycles. The molecule has 1 aliphatic heterocycles. The average molecular weight is 241 g/mol. The van der Waals surface area contributed by atoms with Crippen molar-refractivity contribution in [1.29, 1.82) is 0 Å². The maximum Gasteiger partial charge on any atom is 0.328 e. The summed E-state index contributed by atoms with van der Waals surface area (Å²) in [5.74, 6) is -1.65. The molecule has 0 radical (unpaired) electrons. The van der Waals surface area contributed by atoms with E-state index in [1.54, 1.807) is 4.90 Å². The fraction of sp³-hybridized carbons (Fsp3) is 0.417. The number of nitrogens with zero attached hydrogens (tertiary/aromatic N) is 1. The minimum Gasteiger partial charge on any atom is -0.467 e. The lowest BCUT2D eigenvalue weighted by molar-refractivity contribution is -0.141. The van der Waals surface area contributed by atoms with Gasteiger partial charge in [0, 0.05) is 18.3 Å². The molecule has 1 aromatic rings. The smallest absolute Gasteiger partial charge is 0.328 e. The van der Waals surface area contributed by atoms with Gasteiger partial charge in [0.15, 0.2) is 0 Å². The van der Waals surface area contributed by atoms with Crippen LogP contribution in [-0.4, -0.2) is 25.7 Å². The van der Waals surface area contributed by atoms with Gasteiger partial charge in [-0.1, -0.05) is 0 Å². The molecular weight excluding hydrogens is 228 g/mol. The van der Waals surface area contributed by atoms with E-state index in [1.807, 2.05) is 0 Å². The predicted octanol–water partition coefficient (Wildman–Crippen LogP) is 2.11. The highest BCUT2D eigenvalue weighted by Gasteiger charge is 2.32. The number of rotatable bonds is 2. The number of hydrogen-bond acceptors (Lipinski definition) is 3. The number of methoxy groups -OCH3 is 1. The first kappa shape index (κ1) is 11.8. The summed E-state index contributed by atoms with van der Waals surface area (Å²) in [5, 5.41) is 0. The molecule has 0 spiro atoms. The first-order valence-electron chi connectivity index (χ1n) is 5.42. The highest BCUT2D eigenvalue weighted by atomic mass is 19.1. The Bertz CT molecular complexity index is 416. The summed E-state index contributed by atoms with van der Waals surface area (Å²) in [5.41, 5.74) is 0.385. The van der Waals surface area contributed by atoms with Crippen LogP contribution in [0.5, 0.6) is 0 Å². The van der Waals surface area contributed by atoms with Crippen LogP contribution in [0.2, 0.25) is 0 Å². The maximum absolute atomic E-state index is 13.1. The van der Waals surface area contributed by atoms with E-state index < -0.39 is 17.7 Å². The van der Waals surface area contributed by atoms with Gasteiger partial charge in [-0.3, -0.25) is 0 Å². The molecule has 0 amide bonds. The molecule has 1 aliphatic rings. The van der Waals surface area contributed by atoms with Gasteiger partial charge >= 0.3 is 5.97 Å². The van der Waals surface area contributed by atoms with E-state index in [0.717, 1.165) is 12.5 Å². The van der Waals surface area contributed by atoms with Gasteiger partial charge in [0.25, 0.3) is 0 Å². The van der Waals surface area contributed by atoms with Gasteiger partial charge in [-0.15, -0.1) is 0 Å². The van der Waals surface area contributed by atoms with Crippen LogP contribution >= 0.6 is 0 Å². The monoisotopic (exact) mass is 241 g/mol. The topological polar surface area (TPSA) is 29.5 Å². The van der Waals surface area contributed by atoms with E-state index in [0.29, 0.717) is 18.7 Å². The van der Waals surface area contributed by atoms with E-state index in [1.165, 1.54) is 19.2 Å². The van der Waals surface area contributed by atoms with Gasteiger partial charge in [0.05, 0.1) is 7.11 Å². The molecule has 0 bridgehead atoms. The number of hydrogen-bond donors (Lipinski definition) is 0. The summed E-state index contributed by atoms with van der Waals surface area (Å²) in [7, 11) is 1.31. The second kappa shape index (κ2) is 4.69. The Kier molecular flexibility index (Phi) is 3.26. The molecule has 0 aliphatic carbocycles. The van der Waals surface area contributed by atoms with Crippen LogP contribution in [0.4, 0.5) is 14.5 Å². The predicted molar refractivity (Wildman–Crippen MR) is 58.7 cm³/mol. The van der Waals surface area contributed by atoms with Crippen molar-refractivity contribution in [3.8, 4) is 0 Å². The largest absolute Gasteiger partial charge is 0.467 e. The normalized spacial score (nSPS) is 19.5. The summed E-state index contributed by atoms with van der Waals surface area (Å²) in [6, 6.07) is 2.82. The molecule has 1 fully saturated rings. The lowest BCUT2D eigenvalue weighted by Crippen LogP contribution is -2.36. The van der Waals surface area contributed by atoms with Crippen LogP contribution in [0.3, 0.4) is 0 Å². The number of benzene rings is 1. The number of esters is 1. The molecule has 92 valence electrons. The van der Waals surface area contributed by atoms with Gasteiger partial charge in [-0.25, -0.2) is 13.6 Å². The molecule has 0 N–H and O–H groups in total. The van der Waals surface area contributed by atoms with Crippen molar-refractivity contribution in [2.75, 3.05) is 18.6 Å². The van der Waals surface area contributed by atoms with Gasteiger partial charge in [-0.2, -0.15) is 0 Å². The lowest BCUT2D eigenvalue weighted by Gasteiger charge is -2.24. The zero-order chi connectivity index (χ0) is 12.4. The van der Waals surface area contributed by atoms with E-state index in [9.17, 15) is 13.6 Å². The highest BCUT2D eigenvalue weighted by molar-refractivity contribution is 5.80. The Balaban J connectivity index is 2.28. The van der Waals surface area contributed by atoms with Gasteiger partial charge in [-0.05, 0) is 25.0 Å². The summed E-state index contributed by atoms with van der Waals surface area (Å²) in [6.07, 6.45) is 1.45. The summed E-state index contributed by atoms with van der Waals surface area (Å²) < 4.78 is 30.9. The quantitative estimate of drug-likeness (QED) is 0.743. The van der Waals surface area contributed by atoms with Gasteiger partial charge in [0.2, 0.25) is 0 Å². The van der Waals surface area contributed by atoms with E-state index in [2.05, 4.69) is 4.74 Å². The number of anilines is 1. The Morgan fingerprint density at radius 2 is 2.00 bits per heavy atom. The third kappa shape index (κ3) is 2.38. The van der Waals surface area contributed by atoms with Crippen LogP contribution in [0.1, 0.15) is 12.8 Å². The van der Waals surface area contributed by atoms with Crippen LogP contribution in [-0.2, 0) is 9.53 Å². The van der Waals surface area contributed by atoms with Crippen molar-refractivity contribution in [1.82, 2.24) is 0 Å². The molecule has 1 aromatic carbocycles. The third-order valence-electron chi connectivity index (χ3n) is 2.91. The molecule has 2 rings (SSSR count). The first-order valence-corrected chi connectivity index (χ1v) is 5.42. The number of carbonyl (C=O) groups excluding carboxylic acids is 1. The minimum atomic E-state index is -0.643. The van der Waals surface area contributed by atoms with E-state index >= 15 is 0 Å². The number of ether oxygens (including phenoxy) is 1. The average Bonchev–Trinajstić information content (AvgIpc) is 2.75. The van der Waals surface area contributed by atoms with Crippen LogP contribution in [0.15, 0.2) is 18.2 Å². The summed E-state index contributed by atoms with van der Waals surface area (Å²) >= 11 is 0. The molecule has 0 aromatic heterocycles. The zero-order valence-electron chi connectivity index (χ0n) is 9.45. The molecular formula is C12H13F2NO2. The van der Waals surface area contributed by atoms with Gasteiger partial charge < -0.3 is 9.64 Å². The van der Waals surface area contributed by atoms with Crippen molar-refractivity contribution >= 4 is 11.7 Å². The zero-order valence-corrected chi connectivity index (χ0v) is 9.45. The third-order valence-corrected chi connectivity index (χ3v) is 2.91. The standard InChI is InChI=1S/C12H13F2NO2/c1-17-12(16)11-3-2-4-15(11)10-6-8(13)5-9(14)7-10/h5-7,11H,2-4H2,1H3. The van der Waals surface area contributed by atoms with Crippen LogP contribution < -0.4 is 4.90 Å². The molecule has 5 heteroatoms. The molecule has 17 heavy (non-hydrogen) atoms. The fourth-order valence-corrected chi connectivity index (χ4v) is 2.16. The second-order valence-electron chi connectivity index (χ2n) is 4.00. The SMILES string of the molecule is COC(=O)C1CCCN1c1cc(F)cc(F)c1. The van der Waals surface area contributed by atoms with Crippen LogP contribution in [0.25, 0.3) is 0 Å². The Morgan fingerprint density at radius 3 is 2.59 bits per heavy atom. The summed E-state index contributed by atoms with van der Waals surface area (Å²) in [6.45, 7) is 0.600. The van der Waals surface area contributed by atoms with Crippen molar-refractivity contribution in [2.45, 2.75) is 18.9 Å². The van der Waals surface area contributed by atoms with Crippen molar-refractivity contribution in [3.05, 3.63) is 29.8 Å². The minimum absolute atomic E-state index is 0.368. The fourth-order valence-electron chi connectivity index (χ4n) is 2.16. The molecule has 3 nitrogen and oxygen atoms in total. The molecule has 1 saturated heterocycles. The first-order chi connectivity index (χ1) is 8.11.